The predicted octanol–water partition coefficient (Wildman–Crippen LogP) is 3.95. The minimum Gasteiger partial charge on any atom is -0.377 e. The number of hydrogen-bond acceptors (Lipinski definition) is 5. The normalized spacial score (nSPS) is 11.7. The van der Waals surface area contributed by atoms with Crippen LogP contribution in [0.5, 0.6) is 0 Å². The second-order valence-electron chi connectivity index (χ2n) is 4.49. The van der Waals surface area contributed by atoms with E-state index in [-0.39, 0.29) is 0 Å². The van der Waals surface area contributed by atoms with Crippen LogP contribution >= 0.6 is 11.8 Å². The molecule has 1 heterocycles. The van der Waals surface area contributed by atoms with Gasteiger partial charge in [-0.05, 0) is 24.6 Å². The molecule has 114 valence electrons. The zero-order chi connectivity index (χ0) is 15.5. The number of rotatable bonds is 5. The molecule has 21 heavy (non-hydrogen) atoms. The minimum atomic E-state index is -4.20. The van der Waals surface area contributed by atoms with Gasteiger partial charge in [-0.3, -0.25) is 0 Å². The van der Waals surface area contributed by atoms with E-state index in [4.69, 9.17) is 4.52 Å². The van der Waals surface area contributed by atoms with Crippen molar-refractivity contribution in [1.82, 2.24) is 10.1 Å². The molecule has 8 heteroatoms. The molecular weight excluding hydrogens is 303 g/mol. The van der Waals surface area contributed by atoms with E-state index in [9.17, 15) is 13.2 Å². The lowest BCUT2D eigenvalue weighted by Crippen LogP contribution is -2.11. The lowest BCUT2D eigenvalue weighted by Gasteiger charge is -2.12. The van der Waals surface area contributed by atoms with Crippen molar-refractivity contribution in [1.29, 1.82) is 0 Å². The fraction of sp³-hybridized carbons (Fsp3) is 0.385. The van der Waals surface area contributed by atoms with E-state index in [0.29, 0.717) is 28.8 Å². The number of anilines is 1. The van der Waals surface area contributed by atoms with Crippen molar-refractivity contribution in [2.45, 2.75) is 31.5 Å². The lowest BCUT2D eigenvalue weighted by atomic mass is 10.2. The average Bonchev–Trinajstić information content (AvgIpc) is 2.80. The molecule has 1 aromatic carbocycles. The molecule has 2 aromatic rings. The first-order valence-corrected chi connectivity index (χ1v) is 7.15. The van der Waals surface area contributed by atoms with E-state index in [0.717, 1.165) is 17.3 Å². The van der Waals surface area contributed by atoms with Crippen LogP contribution in [-0.2, 0) is 6.54 Å². The molecule has 0 amide bonds. The Morgan fingerprint density at radius 3 is 2.67 bits per heavy atom. The molecule has 0 bridgehead atoms. The van der Waals surface area contributed by atoms with Crippen LogP contribution in [0.2, 0.25) is 0 Å². The number of aromatic nitrogens is 2. The van der Waals surface area contributed by atoms with Gasteiger partial charge < -0.3 is 9.84 Å². The Morgan fingerprint density at radius 1 is 1.29 bits per heavy atom. The van der Waals surface area contributed by atoms with Gasteiger partial charge in [-0.15, -0.1) is 11.8 Å². The van der Waals surface area contributed by atoms with Crippen molar-refractivity contribution in [3.05, 3.63) is 35.5 Å². The SMILES string of the molecule is Cc1ccc(SCC(F)(F)F)c(NCc2noc(C)n2)c1. The van der Waals surface area contributed by atoms with Crippen LogP contribution in [0.4, 0.5) is 18.9 Å². The average molecular weight is 317 g/mol. The van der Waals surface area contributed by atoms with Crippen LogP contribution in [0.1, 0.15) is 17.3 Å². The van der Waals surface area contributed by atoms with Gasteiger partial charge >= 0.3 is 6.18 Å². The number of nitrogens with one attached hydrogen (secondary N) is 1. The topological polar surface area (TPSA) is 51.0 Å². The Hall–Kier alpha value is -1.70. The first kappa shape index (κ1) is 15.7. The van der Waals surface area contributed by atoms with Gasteiger partial charge in [0.15, 0.2) is 5.82 Å². The van der Waals surface area contributed by atoms with E-state index >= 15 is 0 Å². The van der Waals surface area contributed by atoms with E-state index in [1.807, 2.05) is 6.92 Å². The summed E-state index contributed by atoms with van der Waals surface area (Å²) in [6, 6.07) is 5.25. The van der Waals surface area contributed by atoms with Crippen LogP contribution in [0, 0.1) is 13.8 Å². The van der Waals surface area contributed by atoms with E-state index in [1.54, 1.807) is 25.1 Å². The van der Waals surface area contributed by atoms with Crippen LogP contribution in [0.3, 0.4) is 0 Å². The van der Waals surface area contributed by atoms with Crippen molar-refractivity contribution < 1.29 is 17.7 Å². The molecule has 4 nitrogen and oxygen atoms in total. The van der Waals surface area contributed by atoms with Crippen molar-refractivity contribution in [3.63, 3.8) is 0 Å². The number of benzene rings is 1. The maximum Gasteiger partial charge on any atom is 0.398 e. The van der Waals surface area contributed by atoms with Gasteiger partial charge in [-0.25, -0.2) is 0 Å². The standard InChI is InChI=1S/C13H14F3N3OS/c1-8-3-4-11(21-7-13(14,15)16)10(5-8)17-6-12-18-9(2)20-19-12/h3-5,17H,6-7H2,1-2H3. The Morgan fingerprint density at radius 2 is 2.05 bits per heavy atom. The highest BCUT2D eigenvalue weighted by Crippen LogP contribution is 2.33. The number of thioether (sulfide) groups is 1. The summed E-state index contributed by atoms with van der Waals surface area (Å²) in [7, 11) is 0. The summed E-state index contributed by atoms with van der Waals surface area (Å²) in [4.78, 5) is 4.58. The Bertz CT molecular complexity index is 613. The van der Waals surface area contributed by atoms with Crippen LogP contribution in [-0.4, -0.2) is 22.1 Å². The molecule has 2 rings (SSSR count). The summed E-state index contributed by atoms with van der Waals surface area (Å²) in [5.74, 6) is -0.0185. The smallest absolute Gasteiger partial charge is 0.377 e. The molecule has 0 saturated carbocycles. The number of halogens is 3. The van der Waals surface area contributed by atoms with Crippen molar-refractivity contribution in [2.24, 2.45) is 0 Å². The number of nitrogens with zero attached hydrogens (tertiary/aromatic N) is 2. The summed E-state index contributed by atoms with van der Waals surface area (Å²) in [5.41, 5.74) is 1.59. The van der Waals surface area contributed by atoms with E-state index < -0.39 is 11.9 Å². The van der Waals surface area contributed by atoms with Gasteiger partial charge in [0.05, 0.1) is 12.3 Å². The lowest BCUT2D eigenvalue weighted by molar-refractivity contribution is -0.105. The molecule has 0 radical (unpaired) electrons. The maximum absolute atomic E-state index is 12.3. The first-order valence-electron chi connectivity index (χ1n) is 6.17. The van der Waals surface area contributed by atoms with Gasteiger partial charge in [0.1, 0.15) is 0 Å². The quantitative estimate of drug-likeness (QED) is 0.846. The second kappa shape index (κ2) is 6.38. The van der Waals surface area contributed by atoms with Crippen LogP contribution in [0.15, 0.2) is 27.6 Å². The van der Waals surface area contributed by atoms with Gasteiger partial charge in [0.2, 0.25) is 5.89 Å². The van der Waals surface area contributed by atoms with Gasteiger partial charge in [0, 0.05) is 17.5 Å². The highest BCUT2D eigenvalue weighted by atomic mass is 32.2. The first-order chi connectivity index (χ1) is 9.83. The van der Waals surface area contributed by atoms with E-state index in [1.165, 1.54) is 0 Å². The summed E-state index contributed by atoms with van der Waals surface area (Å²) in [5, 5.41) is 6.78. The Balaban J connectivity index is 2.07. The molecule has 0 aliphatic carbocycles. The zero-order valence-electron chi connectivity index (χ0n) is 11.5. The number of alkyl halides is 3. The largest absolute Gasteiger partial charge is 0.398 e. The van der Waals surface area contributed by atoms with Crippen molar-refractivity contribution >= 4 is 17.4 Å². The summed E-state index contributed by atoms with van der Waals surface area (Å²) in [6.07, 6.45) is -4.20. The summed E-state index contributed by atoms with van der Waals surface area (Å²) in [6.45, 7) is 3.84. The molecule has 0 atom stereocenters. The fourth-order valence-electron chi connectivity index (χ4n) is 1.65. The third-order valence-corrected chi connectivity index (χ3v) is 3.67. The third-order valence-electron chi connectivity index (χ3n) is 2.53. The van der Waals surface area contributed by atoms with Crippen molar-refractivity contribution in [2.75, 3.05) is 11.1 Å². The summed E-state index contributed by atoms with van der Waals surface area (Å²) < 4.78 is 41.8. The monoisotopic (exact) mass is 317 g/mol. The van der Waals surface area contributed by atoms with E-state index in [2.05, 4.69) is 15.5 Å². The molecule has 0 fully saturated rings. The Kier molecular flexibility index (Phi) is 4.76. The summed E-state index contributed by atoms with van der Waals surface area (Å²) >= 11 is 0.751. The zero-order valence-corrected chi connectivity index (χ0v) is 12.3. The molecular formula is C13H14F3N3OS. The highest BCUT2D eigenvalue weighted by molar-refractivity contribution is 7.99. The Labute approximate surface area is 124 Å². The molecule has 0 spiro atoms. The molecule has 0 aliphatic rings. The van der Waals surface area contributed by atoms with Crippen molar-refractivity contribution in [3.8, 4) is 0 Å². The van der Waals surface area contributed by atoms with Crippen LogP contribution < -0.4 is 5.32 Å². The maximum atomic E-state index is 12.3. The molecule has 0 aliphatic heterocycles. The highest BCUT2D eigenvalue weighted by Gasteiger charge is 2.27. The van der Waals surface area contributed by atoms with Gasteiger partial charge in [0.25, 0.3) is 0 Å². The van der Waals surface area contributed by atoms with Gasteiger partial charge in [-0.2, -0.15) is 18.2 Å². The number of aryl methyl sites for hydroxylation is 2. The third kappa shape index (κ3) is 4.96. The molecule has 1 N–H and O–H groups in total. The fourth-order valence-corrected chi connectivity index (χ4v) is 2.42. The molecule has 0 saturated heterocycles. The van der Waals surface area contributed by atoms with Crippen LogP contribution in [0.25, 0.3) is 0 Å². The minimum absolute atomic E-state index is 0.292. The van der Waals surface area contributed by atoms with Gasteiger partial charge in [-0.1, -0.05) is 11.2 Å². The molecule has 0 unspecified atom stereocenters. The predicted molar refractivity (Wildman–Crippen MR) is 74.3 cm³/mol. The molecule has 1 aromatic heterocycles. The second-order valence-corrected chi connectivity index (χ2v) is 5.50. The number of hydrogen-bond donors (Lipinski definition) is 1.